The number of phenolic OH excluding ortho intramolecular Hbond substituents is 1. The summed E-state index contributed by atoms with van der Waals surface area (Å²) in [6.45, 7) is 1.12. The van der Waals surface area contributed by atoms with Crippen LogP contribution in [0, 0.1) is 0 Å². The average molecular weight is 214 g/mol. The van der Waals surface area contributed by atoms with Crippen molar-refractivity contribution in [3.8, 4) is 5.75 Å². The summed E-state index contributed by atoms with van der Waals surface area (Å²) >= 11 is 0. The Balaban J connectivity index is 0.000000980. The zero-order valence-corrected chi connectivity index (χ0v) is 8.89. The van der Waals surface area contributed by atoms with Gasteiger partial charge in [-0.05, 0) is 37.1 Å². The van der Waals surface area contributed by atoms with Crippen LogP contribution in [0.1, 0.15) is 30.9 Å². The summed E-state index contributed by atoms with van der Waals surface area (Å²) in [5.41, 5.74) is 1.29. The van der Waals surface area contributed by atoms with Crippen LogP contribution < -0.4 is 5.32 Å². The molecule has 14 heavy (non-hydrogen) atoms. The topological polar surface area (TPSA) is 32.3 Å². The van der Waals surface area contributed by atoms with E-state index >= 15 is 0 Å². The number of hydrogen-bond acceptors (Lipinski definition) is 2. The fraction of sp³-hybridized carbons (Fsp3) is 0.455. The number of nitrogens with one attached hydrogen (secondary N) is 1. The lowest BCUT2D eigenvalue weighted by Crippen LogP contribution is -2.26. The monoisotopic (exact) mass is 213 g/mol. The maximum Gasteiger partial charge on any atom is 0.115 e. The maximum absolute atomic E-state index is 9.13. The largest absolute Gasteiger partial charge is 0.508 e. The molecule has 3 heteroatoms. The smallest absolute Gasteiger partial charge is 0.115 e. The third-order valence-electron chi connectivity index (χ3n) is 2.61. The molecule has 0 aromatic heterocycles. The van der Waals surface area contributed by atoms with Crippen molar-refractivity contribution < 1.29 is 5.11 Å². The van der Waals surface area contributed by atoms with Crippen molar-refractivity contribution in [1.82, 2.24) is 5.32 Å². The van der Waals surface area contributed by atoms with Crippen molar-refractivity contribution in [2.45, 2.75) is 25.3 Å². The van der Waals surface area contributed by atoms with Gasteiger partial charge in [0.25, 0.3) is 0 Å². The first-order chi connectivity index (χ1) is 6.36. The molecule has 1 aromatic carbocycles. The Labute approximate surface area is 90.7 Å². The summed E-state index contributed by atoms with van der Waals surface area (Å²) in [7, 11) is 0. The molecular formula is C11H16ClNO. The molecule has 1 aliphatic heterocycles. The lowest BCUT2D eigenvalue weighted by molar-refractivity contribution is 0.411. The fourth-order valence-corrected chi connectivity index (χ4v) is 1.84. The van der Waals surface area contributed by atoms with Crippen LogP contribution in [0.15, 0.2) is 24.3 Å². The van der Waals surface area contributed by atoms with E-state index in [-0.39, 0.29) is 12.4 Å². The van der Waals surface area contributed by atoms with Crippen LogP contribution in [0.25, 0.3) is 0 Å². The Hall–Kier alpha value is -0.730. The van der Waals surface area contributed by atoms with Crippen molar-refractivity contribution in [3.05, 3.63) is 29.8 Å². The molecular weight excluding hydrogens is 198 g/mol. The third kappa shape index (κ3) is 2.63. The van der Waals surface area contributed by atoms with Gasteiger partial charge in [-0.2, -0.15) is 0 Å². The number of hydrogen-bond donors (Lipinski definition) is 2. The standard InChI is InChI=1S/C11H15NO.ClH/c13-10-6-4-9(5-7-10)11-3-1-2-8-12-11;/h4-7,11-13H,1-3,8H2;1H/t11-;/m0./s1. The van der Waals surface area contributed by atoms with Crippen molar-refractivity contribution >= 4 is 12.4 Å². The molecule has 0 bridgehead atoms. The second-order valence-electron chi connectivity index (χ2n) is 3.59. The van der Waals surface area contributed by atoms with Crippen LogP contribution in [-0.2, 0) is 0 Å². The van der Waals surface area contributed by atoms with Gasteiger partial charge in [0.15, 0.2) is 0 Å². The molecule has 2 N–H and O–H groups in total. The molecule has 0 radical (unpaired) electrons. The highest BCUT2D eigenvalue weighted by atomic mass is 35.5. The van der Waals surface area contributed by atoms with Gasteiger partial charge in [-0.1, -0.05) is 18.6 Å². The SMILES string of the molecule is Cl.Oc1ccc([C@@H]2CCCCN2)cc1. The number of halogens is 1. The summed E-state index contributed by atoms with van der Waals surface area (Å²) in [6.07, 6.45) is 3.80. The van der Waals surface area contributed by atoms with Gasteiger partial charge in [-0.25, -0.2) is 0 Å². The van der Waals surface area contributed by atoms with E-state index in [1.165, 1.54) is 24.8 Å². The van der Waals surface area contributed by atoms with Gasteiger partial charge >= 0.3 is 0 Å². The number of aromatic hydroxyl groups is 1. The first-order valence-corrected chi connectivity index (χ1v) is 4.88. The Kier molecular flexibility index (Phi) is 4.23. The molecule has 1 heterocycles. The molecule has 1 aromatic rings. The maximum atomic E-state index is 9.13. The summed E-state index contributed by atoms with van der Waals surface area (Å²) in [5.74, 6) is 0.347. The van der Waals surface area contributed by atoms with E-state index in [4.69, 9.17) is 5.11 Å². The lowest BCUT2D eigenvalue weighted by atomic mass is 9.98. The minimum Gasteiger partial charge on any atom is -0.508 e. The van der Waals surface area contributed by atoms with E-state index in [9.17, 15) is 0 Å². The number of rotatable bonds is 1. The number of phenols is 1. The molecule has 78 valence electrons. The van der Waals surface area contributed by atoms with Crippen molar-refractivity contribution in [2.24, 2.45) is 0 Å². The second-order valence-corrected chi connectivity index (χ2v) is 3.59. The minimum atomic E-state index is 0. The summed E-state index contributed by atoms with van der Waals surface area (Å²) in [4.78, 5) is 0. The van der Waals surface area contributed by atoms with E-state index in [1.807, 2.05) is 12.1 Å². The van der Waals surface area contributed by atoms with Crippen molar-refractivity contribution in [2.75, 3.05) is 6.54 Å². The first kappa shape index (κ1) is 11.3. The molecule has 0 aliphatic carbocycles. The quantitative estimate of drug-likeness (QED) is 0.752. The molecule has 1 saturated heterocycles. The van der Waals surface area contributed by atoms with Crippen molar-refractivity contribution in [3.63, 3.8) is 0 Å². The predicted molar refractivity (Wildman–Crippen MR) is 59.9 cm³/mol. The number of benzene rings is 1. The van der Waals surface area contributed by atoms with E-state index in [1.54, 1.807) is 12.1 Å². The average Bonchev–Trinajstić information content (AvgIpc) is 2.20. The summed E-state index contributed by atoms with van der Waals surface area (Å²) in [6, 6.07) is 8.00. The van der Waals surface area contributed by atoms with Gasteiger partial charge in [0.2, 0.25) is 0 Å². The van der Waals surface area contributed by atoms with E-state index in [0.29, 0.717) is 11.8 Å². The van der Waals surface area contributed by atoms with Gasteiger partial charge in [-0.15, -0.1) is 12.4 Å². The molecule has 2 nitrogen and oxygen atoms in total. The Morgan fingerprint density at radius 1 is 1.14 bits per heavy atom. The van der Waals surface area contributed by atoms with Crippen LogP contribution in [0.3, 0.4) is 0 Å². The normalized spacial score (nSPS) is 21.3. The lowest BCUT2D eigenvalue weighted by Gasteiger charge is -2.23. The van der Waals surface area contributed by atoms with E-state index in [0.717, 1.165) is 6.54 Å². The Bertz CT molecular complexity index is 267. The predicted octanol–water partition coefficient (Wildman–Crippen LogP) is 2.63. The molecule has 2 rings (SSSR count). The first-order valence-electron chi connectivity index (χ1n) is 4.88. The van der Waals surface area contributed by atoms with Gasteiger partial charge in [-0.3, -0.25) is 0 Å². The summed E-state index contributed by atoms with van der Waals surface area (Å²) < 4.78 is 0. The molecule has 0 unspecified atom stereocenters. The van der Waals surface area contributed by atoms with Gasteiger partial charge in [0, 0.05) is 6.04 Å². The van der Waals surface area contributed by atoms with Crippen molar-refractivity contribution in [1.29, 1.82) is 0 Å². The highest BCUT2D eigenvalue weighted by Crippen LogP contribution is 2.23. The molecule has 0 amide bonds. The van der Waals surface area contributed by atoms with Crippen LogP contribution >= 0.6 is 12.4 Å². The summed E-state index contributed by atoms with van der Waals surface area (Å²) in [5, 5.41) is 12.6. The van der Waals surface area contributed by atoms with Crippen LogP contribution in [0.2, 0.25) is 0 Å². The third-order valence-corrected chi connectivity index (χ3v) is 2.61. The zero-order valence-electron chi connectivity index (χ0n) is 8.07. The second kappa shape index (κ2) is 5.23. The molecule has 0 spiro atoms. The molecule has 1 aliphatic rings. The van der Waals surface area contributed by atoms with Gasteiger partial charge in [0.05, 0.1) is 0 Å². The van der Waals surface area contributed by atoms with Crippen LogP contribution in [0.5, 0.6) is 5.75 Å². The Morgan fingerprint density at radius 2 is 1.86 bits per heavy atom. The Morgan fingerprint density at radius 3 is 2.43 bits per heavy atom. The van der Waals surface area contributed by atoms with E-state index < -0.39 is 0 Å². The van der Waals surface area contributed by atoms with Crippen LogP contribution in [-0.4, -0.2) is 11.7 Å². The molecule has 0 saturated carbocycles. The zero-order chi connectivity index (χ0) is 9.10. The highest BCUT2D eigenvalue weighted by molar-refractivity contribution is 5.85. The highest BCUT2D eigenvalue weighted by Gasteiger charge is 2.13. The van der Waals surface area contributed by atoms with Gasteiger partial charge in [0.1, 0.15) is 5.75 Å². The minimum absolute atomic E-state index is 0. The van der Waals surface area contributed by atoms with Gasteiger partial charge < -0.3 is 10.4 Å². The number of piperidine rings is 1. The molecule has 1 fully saturated rings. The fourth-order valence-electron chi connectivity index (χ4n) is 1.84. The van der Waals surface area contributed by atoms with Crippen LogP contribution in [0.4, 0.5) is 0 Å². The molecule has 1 atom stereocenters. The van der Waals surface area contributed by atoms with E-state index in [2.05, 4.69) is 5.32 Å².